The second kappa shape index (κ2) is 10.2. The first kappa shape index (κ1) is 25.3. The minimum absolute atomic E-state index is 0.0945. The van der Waals surface area contributed by atoms with Gasteiger partial charge in [-0.1, -0.05) is 29.9 Å². The molecular formula is C25H29ClN4O4S2. The molecule has 0 saturated carbocycles. The molecule has 0 radical (unpaired) electrons. The fourth-order valence-corrected chi connectivity index (χ4v) is 7.67. The van der Waals surface area contributed by atoms with Gasteiger partial charge in [0.1, 0.15) is 5.52 Å². The van der Waals surface area contributed by atoms with E-state index < -0.39 is 10.0 Å². The number of carbonyl (C=O) groups is 1. The number of carbonyl (C=O) groups excluding carboxylic acids is 1. The third-order valence-corrected chi connectivity index (χ3v) is 10.1. The summed E-state index contributed by atoms with van der Waals surface area (Å²) in [5, 5.41) is 1.40. The van der Waals surface area contributed by atoms with Crippen LogP contribution in [0, 0.1) is 5.92 Å². The second-order valence-corrected chi connectivity index (χ2v) is 12.7. The Balaban J connectivity index is 1.24. The van der Waals surface area contributed by atoms with Crippen LogP contribution in [0.15, 0.2) is 41.3 Å². The van der Waals surface area contributed by atoms with Gasteiger partial charge in [-0.05, 0) is 55.2 Å². The van der Waals surface area contributed by atoms with Gasteiger partial charge in [-0.25, -0.2) is 13.4 Å². The van der Waals surface area contributed by atoms with Crippen molar-refractivity contribution in [3.05, 3.63) is 47.0 Å². The van der Waals surface area contributed by atoms with E-state index in [0.29, 0.717) is 61.5 Å². The lowest BCUT2D eigenvalue weighted by atomic mass is 10.0. The highest BCUT2D eigenvalue weighted by molar-refractivity contribution is 7.89. The van der Waals surface area contributed by atoms with Crippen LogP contribution >= 0.6 is 22.9 Å². The number of fused-ring (bicyclic) bond motifs is 1. The SMILES string of the molecule is COc1c(Cl)ccc2sc(N3CCN(C(=O)c4ccc(S(=O)(=O)N5CCCC(C)C5)cc4)CC3)nc12. The van der Waals surface area contributed by atoms with Gasteiger partial charge in [0, 0.05) is 44.8 Å². The number of halogens is 1. The van der Waals surface area contributed by atoms with Crippen molar-refractivity contribution in [2.45, 2.75) is 24.7 Å². The topological polar surface area (TPSA) is 83.0 Å². The first-order valence-electron chi connectivity index (χ1n) is 12.1. The number of hydrogen-bond donors (Lipinski definition) is 0. The minimum Gasteiger partial charge on any atom is -0.493 e. The van der Waals surface area contributed by atoms with E-state index in [1.165, 1.54) is 0 Å². The molecule has 2 saturated heterocycles. The van der Waals surface area contributed by atoms with Gasteiger partial charge in [0.05, 0.1) is 21.7 Å². The van der Waals surface area contributed by atoms with Crippen LogP contribution in [0.1, 0.15) is 30.1 Å². The van der Waals surface area contributed by atoms with Crippen LogP contribution in [-0.2, 0) is 10.0 Å². The molecule has 1 aromatic heterocycles. The van der Waals surface area contributed by atoms with Gasteiger partial charge in [-0.3, -0.25) is 4.79 Å². The number of benzene rings is 2. The lowest BCUT2D eigenvalue weighted by Gasteiger charge is -2.34. The summed E-state index contributed by atoms with van der Waals surface area (Å²) >= 11 is 7.81. The first-order valence-corrected chi connectivity index (χ1v) is 14.7. The van der Waals surface area contributed by atoms with E-state index in [9.17, 15) is 13.2 Å². The van der Waals surface area contributed by atoms with Crippen LogP contribution in [0.3, 0.4) is 0 Å². The van der Waals surface area contributed by atoms with E-state index >= 15 is 0 Å². The Morgan fingerprint density at radius 2 is 1.81 bits per heavy atom. The lowest BCUT2D eigenvalue weighted by molar-refractivity contribution is 0.0746. The molecule has 0 N–H and O–H groups in total. The van der Waals surface area contributed by atoms with Crippen LogP contribution in [-0.4, -0.2) is 74.9 Å². The number of thiazole rings is 1. The molecule has 1 unspecified atom stereocenters. The quantitative estimate of drug-likeness (QED) is 0.471. The highest BCUT2D eigenvalue weighted by Crippen LogP contribution is 2.38. The van der Waals surface area contributed by atoms with E-state index in [1.54, 1.807) is 51.9 Å². The number of sulfonamides is 1. The molecule has 0 spiro atoms. The van der Waals surface area contributed by atoms with Gasteiger partial charge in [-0.15, -0.1) is 0 Å². The van der Waals surface area contributed by atoms with Crippen LogP contribution in [0.4, 0.5) is 5.13 Å². The average molecular weight is 549 g/mol. The largest absolute Gasteiger partial charge is 0.493 e. The lowest BCUT2D eigenvalue weighted by Crippen LogP contribution is -2.48. The summed E-state index contributed by atoms with van der Waals surface area (Å²) in [4.78, 5) is 22.1. The summed E-state index contributed by atoms with van der Waals surface area (Å²) in [6.45, 7) is 5.58. The maximum Gasteiger partial charge on any atom is 0.253 e. The van der Waals surface area contributed by atoms with Gasteiger partial charge < -0.3 is 14.5 Å². The highest BCUT2D eigenvalue weighted by atomic mass is 35.5. The normalized spacial score (nSPS) is 19.6. The van der Waals surface area contributed by atoms with Crippen molar-refractivity contribution in [3.8, 4) is 5.75 Å². The zero-order valence-electron chi connectivity index (χ0n) is 20.3. The molecule has 0 bridgehead atoms. The van der Waals surface area contributed by atoms with Crippen molar-refractivity contribution in [1.29, 1.82) is 0 Å². The molecular weight excluding hydrogens is 520 g/mol. The van der Waals surface area contributed by atoms with Crippen LogP contribution in [0.2, 0.25) is 5.02 Å². The maximum absolute atomic E-state index is 13.1. The molecule has 2 aliphatic heterocycles. The monoisotopic (exact) mass is 548 g/mol. The van der Waals surface area contributed by atoms with Crippen molar-refractivity contribution in [1.82, 2.24) is 14.2 Å². The van der Waals surface area contributed by atoms with E-state index in [2.05, 4.69) is 11.8 Å². The number of piperidine rings is 1. The van der Waals surface area contributed by atoms with Gasteiger partial charge >= 0.3 is 0 Å². The summed E-state index contributed by atoms with van der Waals surface area (Å²) in [5.74, 6) is 0.837. The van der Waals surface area contributed by atoms with Crippen molar-refractivity contribution in [3.63, 3.8) is 0 Å². The summed E-state index contributed by atoms with van der Waals surface area (Å²) in [6, 6.07) is 10.1. The average Bonchev–Trinajstić information content (AvgIpc) is 3.33. The molecule has 0 aliphatic carbocycles. The molecule has 2 aliphatic rings. The van der Waals surface area contributed by atoms with Crippen LogP contribution in [0.25, 0.3) is 10.2 Å². The Hall–Kier alpha value is -2.40. The predicted molar refractivity (Wildman–Crippen MR) is 143 cm³/mol. The Morgan fingerprint density at radius 3 is 2.47 bits per heavy atom. The third-order valence-electron chi connectivity index (χ3n) is 6.86. The standard InChI is InChI=1S/C25H29ClN4O4S2/c1-17-4-3-11-30(16-17)36(32,33)19-7-5-18(6-8-19)24(31)28-12-14-29(15-13-28)25-27-22-21(35-25)10-9-20(26)23(22)34-2/h5-10,17H,3-4,11-16H2,1-2H3. The number of piperazine rings is 1. The molecule has 3 heterocycles. The van der Waals surface area contributed by atoms with Crippen molar-refractivity contribution in [2.24, 2.45) is 5.92 Å². The number of nitrogens with zero attached hydrogens (tertiary/aromatic N) is 4. The number of rotatable bonds is 5. The van der Waals surface area contributed by atoms with Gasteiger partial charge in [0.15, 0.2) is 10.9 Å². The molecule has 3 aromatic rings. The zero-order chi connectivity index (χ0) is 25.4. The number of anilines is 1. The van der Waals surface area contributed by atoms with Gasteiger partial charge in [0.2, 0.25) is 10.0 Å². The molecule has 36 heavy (non-hydrogen) atoms. The van der Waals surface area contributed by atoms with Crippen LogP contribution in [0.5, 0.6) is 5.75 Å². The fraction of sp³-hybridized carbons (Fsp3) is 0.440. The van der Waals surface area contributed by atoms with E-state index in [4.69, 9.17) is 21.3 Å². The zero-order valence-corrected chi connectivity index (χ0v) is 22.7. The van der Waals surface area contributed by atoms with E-state index in [-0.39, 0.29) is 10.8 Å². The van der Waals surface area contributed by atoms with Crippen molar-refractivity contribution < 1.29 is 17.9 Å². The molecule has 2 fully saturated rings. The van der Waals surface area contributed by atoms with Crippen molar-refractivity contribution in [2.75, 3.05) is 51.3 Å². The third kappa shape index (κ3) is 4.79. The molecule has 1 amide bonds. The van der Waals surface area contributed by atoms with E-state index in [1.807, 2.05) is 12.1 Å². The van der Waals surface area contributed by atoms with E-state index in [0.717, 1.165) is 28.2 Å². The summed E-state index contributed by atoms with van der Waals surface area (Å²) in [7, 11) is -1.96. The van der Waals surface area contributed by atoms with Gasteiger partial charge in [0.25, 0.3) is 5.91 Å². The minimum atomic E-state index is -3.54. The molecule has 11 heteroatoms. The molecule has 5 rings (SSSR count). The first-order chi connectivity index (χ1) is 17.3. The Kier molecular flexibility index (Phi) is 7.13. The highest BCUT2D eigenvalue weighted by Gasteiger charge is 2.29. The molecule has 2 aromatic carbocycles. The molecule has 8 nitrogen and oxygen atoms in total. The Morgan fingerprint density at radius 1 is 1.08 bits per heavy atom. The Labute approximate surface area is 220 Å². The number of ether oxygens (including phenoxy) is 1. The number of amides is 1. The summed E-state index contributed by atoms with van der Waals surface area (Å²) in [6.07, 6.45) is 1.93. The summed E-state index contributed by atoms with van der Waals surface area (Å²) < 4.78 is 34.0. The van der Waals surface area contributed by atoms with Crippen LogP contribution < -0.4 is 9.64 Å². The molecule has 192 valence electrons. The predicted octanol–water partition coefficient (Wildman–Crippen LogP) is 4.34. The second-order valence-electron chi connectivity index (χ2n) is 9.34. The van der Waals surface area contributed by atoms with Gasteiger partial charge in [-0.2, -0.15) is 4.31 Å². The number of aromatic nitrogens is 1. The fourth-order valence-electron chi connectivity index (χ4n) is 4.83. The molecule has 1 atom stereocenters. The number of hydrogen-bond acceptors (Lipinski definition) is 7. The smallest absolute Gasteiger partial charge is 0.253 e. The summed E-state index contributed by atoms with van der Waals surface area (Å²) in [5.41, 5.74) is 1.24. The number of methoxy groups -OCH3 is 1. The van der Waals surface area contributed by atoms with Crippen molar-refractivity contribution >= 4 is 54.2 Å². The Bertz CT molecular complexity index is 1370. The maximum atomic E-state index is 13.1.